The molecule has 9 heteroatoms. The lowest BCUT2D eigenvalue weighted by Crippen LogP contribution is -2.18. The average molecular weight is 552 g/mol. The van der Waals surface area contributed by atoms with Crippen LogP contribution in [0.2, 0.25) is 0 Å². The van der Waals surface area contributed by atoms with Crippen LogP contribution in [0.5, 0.6) is 11.5 Å². The number of rotatable bonds is 16. The maximum absolute atomic E-state index is 12.8. The summed E-state index contributed by atoms with van der Waals surface area (Å²) < 4.78 is 36.6. The van der Waals surface area contributed by atoms with Crippen LogP contribution in [-0.2, 0) is 26.8 Å². The largest absolute Gasteiger partial charge is 0.545 e. The number of carboxylic acids is 1. The molecule has 3 rings (SSSR count). The van der Waals surface area contributed by atoms with Crippen molar-refractivity contribution in [2.45, 2.75) is 55.6 Å². The van der Waals surface area contributed by atoms with Crippen LogP contribution < -0.4 is 20.3 Å². The standard InChI is InChI=1S/C30H36N2O6S/c1-37-26-15-12-23(13-16-26)9-6-4-2-3-5-7-20-38-29-18-14-25(32-28(29)17-19-30(33)34)22-39(35,36)27-11-8-10-24(31)21-27/h8,10-19,21H,2-7,9,20,22,31H2,1H3,(H,33,34)/p-1/b19-17+. The van der Waals surface area contributed by atoms with Crippen LogP contribution in [0.3, 0.4) is 0 Å². The molecule has 8 nitrogen and oxygen atoms in total. The van der Waals surface area contributed by atoms with Gasteiger partial charge in [-0.2, -0.15) is 0 Å². The van der Waals surface area contributed by atoms with Crippen LogP contribution in [-0.4, -0.2) is 33.1 Å². The third-order valence-corrected chi connectivity index (χ3v) is 7.80. The molecule has 0 radical (unpaired) electrons. The Bertz CT molecular complexity index is 1350. The van der Waals surface area contributed by atoms with Gasteiger partial charge in [-0.1, -0.05) is 43.9 Å². The number of aryl methyl sites for hydroxylation is 1. The Kier molecular flexibility index (Phi) is 11.4. The van der Waals surface area contributed by atoms with Crippen molar-refractivity contribution in [2.75, 3.05) is 19.5 Å². The van der Waals surface area contributed by atoms with Gasteiger partial charge < -0.3 is 25.1 Å². The molecule has 0 bridgehead atoms. The summed E-state index contributed by atoms with van der Waals surface area (Å²) in [6.45, 7) is 0.445. The summed E-state index contributed by atoms with van der Waals surface area (Å²) in [5.74, 6) is -0.484. The van der Waals surface area contributed by atoms with Crippen LogP contribution in [0.4, 0.5) is 5.69 Å². The molecule has 0 atom stereocenters. The van der Waals surface area contributed by atoms with E-state index in [-0.39, 0.29) is 22.0 Å². The van der Waals surface area contributed by atoms with Crippen molar-refractivity contribution in [2.24, 2.45) is 0 Å². The summed E-state index contributed by atoms with van der Waals surface area (Å²) in [6, 6.07) is 17.4. The molecule has 0 aliphatic carbocycles. The Morgan fingerprint density at radius 1 is 0.974 bits per heavy atom. The summed E-state index contributed by atoms with van der Waals surface area (Å²) in [4.78, 5) is 15.4. The van der Waals surface area contributed by atoms with Gasteiger partial charge in [0, 0.05) is 5.69 Å². The molecule has 0 unspecified atom stereocenters. The smallest absolute Gasteiger partial charge is 0.184 e. The van der Waals surface area contributed by atoms with Gasteiger partial charge in [-0.25, -0.2) is 13.4 Å². The zero-order chi connectivity index (χ0) is 28.1. The molecule has 1 aromatic heterocycles. The topological polar surface area (TPSA) is 132 Å². The first kappa shape index (κ1) is 29.7. The van der Waals surface area contributed by atoms with E-state index < -0.39 is 15.8 Å². The molecule has 0 aliphatic rings. The number of aliphatic carboxylic acids is 1. The van der Waals surface area contributed by atoms with E-state index >= 15 is 0 Å². The molecule has 0 amide bonds. The molecule has 3 aromatic rings. The number of nitrogens with two attached hydrogens (primary N) is 1. The van der Waals surface area contributed by atoms with E-state index in [4.69, 9.17) is 15.2 Å². The minimum absolute atomic E-state index is 0.0946. The maximum Gasteiger partial charge on any atom is 0.184 e. The van der Waals surface area contributed by atoms with Gasteiger partial charge in [0.2, 0.25) is 0 Å². The van der Waals surface area contributed by atoms with Crippen molar-refractivity contribution >= 4 is 27.6 Å². The number of methoxy groups -OCH3 is 1. The number of pyridine rings is 1. The first-order valence-electron chi connectivity index (χ1n) is 13.0. The molecule has 208 valence electrons. The number of hydrogen-bond acceptors (Lipinski definition) is 8. The number of carbonyl (C=O) groups excluding carboxylic acids is 1. The number of aromatic nitrogens is 1. The lowest BCUT2D eigenvalue weighted by atomic mass is 10.0. The molecule has 0 saturated heterocycles. The first-order chi connectivity index (χ1) is 18.8. The molecule has 0 saturated carbocycles. The van der Waals surface area contributed by atoms with Crippen molar-refractivity contribution in [3.8, 4) is 11.5 Å². The summed E-state index contributed by atoms with van der Waals surface area (Å²) >= 11 is 0. The predicted molar refractivity (Wildman–Crippen MR) is 150 cm³/mol. The first-order valence-corrected chi connectivity index (χ1v) is 14.6. The summed E-state index contributed by atoms with van der Waals surface area (Å²) in [5.41, 5.74) is 7.87. The fourth-order valence-electron chi connectivity index (χ4n) is 4.07. The van der Waals surface area contributed by atoms with E-state index in [1.165, 1.54) is 23.8 Å². The predicted octanol–water partition coefficient (Wildman–Crippen LogP) is 4.37. The van der Waals surface area contributed by atoms with Crippen molar-refractivity contribution in [3.63, 3.8) is 0 Å². The second-order valence-electron chi connectivity index (χ2n) is 9.24. The molecular weight excluding hydrogens is 516 g/mol. The highest BCUT2D eigenvalue weighted by molar-refractivity contribution is 7.90. The maximum atomic E-state index is 12.8. The highest BCUT2D eigenvalue weighted by Crippen LogP contribution is 2.23. The Balaban J connectivity index is 1.46. The molecule has 2 N–H and O–H groups in total. The van der Waals surface area contributed by atoms with Crippen LogP contribution in [0.15, 0.2) is 71.6 Å². The lowest BCUT2D eigenvalue weighted by molar-refractivity contribution is -0.297. The second-order valence-corrected chi connectivity index (χ2v) is 11.2. The van der Waals surface area contributed by atoms with E-state index in [0.29, 0.717) is 18.0 Å². The number of anilines is 1. The Labute approximate surface area is 230 Å². The number of carboxylic acid groups (broad SMARTS) is 1. The number of ether oxygens (including phenoxy) is 2. The molecule has 39 heavy (non-hydrogen) atoms. The fourth-order valence-corrected chi connectivity index (χ4v) is 5.39. The molecule has 0 spiro atoms. The number of nitrogen functional groups attached to an aromatic ring is 1. The van der Waals surface area contributed by atoms with E-state index in [0.717, 1.165) is 56.8 Å². The normalized spacial score (nSPS) is 11.5. The summed E-state index contributed by atoms with van der Waals surface area (Å²) in [7, 11) is -2.02. The highest BCUT2D eigenvalue weighted by atomic mass is 32.2. The molecule has 0 fully saturated rings. The lowest BCUT2D eigenvalue weighted by Gasteiger charge is -2.11. The number of hydrogen-bond donors (Lipinski definition) is 1. The summed E-state index contributed by atoms with van der Waals surface area (Å²) in [5, 5.41) is 10.9. The third kappa shape index (κ3) is 10.1. The third-order valence-electron chi connectivity index (χ3n) is 6.15. The van der Waals surface area contributed by atoms with E-state index in [9.17, 15) is 18.3 Å². The van der Waals surface area contributed by atoms with Crippen LogP contribution in [0, 0.1) is 0 Å². The molecule has 0 aliphatic heterocycles. The van der Waals surface area contributed by atoms with Gasteiger partial charge in [0.05, 0.1) is 36.0 Å². The number of sulfone groups is 1. The Hall–Kier alpha value is -3.85. The van der Waals surface area contributed by atoms with E-state index in [2.05, 4.69) is 17.1 Å². The second kappa shape index (κ2) is 14.9. The van der Waals surface area contributed by atoms with E-state index in [1.54, 1.807) is 31.4 Å². The number of benzene rings is 2. The zero-order valence-electron chi connectivity index (χ0n) is 22.2. The molecule has 2 aromatic carbocycles. The van der Waals surface area contributed by atoms with Gasteiger partial charge in [-0.3, -0.25) is 0 Å². The van der Waals surface area contributed by atoms with Gasteiger partial charge in [0.1, 0.15) is 17.2 Å². The molecule has 1 heterocycles. The van der Waals surface area contributed by atoms with Gasteiger partial charge in [-0.15, -0.1) is 0 Å². The van der Waals surface area contributed by atoms with Crippen molar-refractivity contribution in [1.82, 2.24) is 4.98 Å². The van der Waals surface area contributed by atoms with Gasteiger partial charge in [-0.05, 0) is 79.4 Å². The van der Waals surface area contributed by atoms with Gasteiger partial charge in [0.25, 0.3) is 0 Å². The van der Waals surface area contributed by atoms with Crippen LogP contribution in [0.1, 0.15) is 55.5 Å². The fraction of sp³-hybridized carbons (Fsp3) is 0.333. The number of unbranched alkanes of at least 4 members (excludes halogenated alkanes) is 5. The van der Waals surface area contributed by atoms with Crippen LogP contribution in [0.25, 0.3) is 6.08 Å². The SMILES string of the molecule is COc1ccc(CCCCCCCCOc2ccc(CS(=O)(=O)c3cccc(N)c3)nc2/C=C/C(=O)[O-])cc1. The number of carbonyl (C=O) groups is 1. The molecular formula is C30H35N2O6S-. The Morgan fingerprint density at radius 2 is 1.69 bits per heavy atom. The van der Waals surface area contributed by atoms with Crippen molar-refractivity contribution in [3.05, 3.63) is 83.7 Å². The van der Waals surface area contributed by atoms with Gasteiger partial charge in [0.15, 0.2) is 9.84 Å². The number of nitrogens with zero attached hydrogens (tertiary/aromatic N) is 1. The minimum atomic E-state index is -3.69. The van der Waals surface area contributed by atoms with Crippen LogP contribution >= 0.6 is 0 Å². The quantitative estimate of drug-likeness (QED) is 0.158. The zero-order valence-corrected chi connectivity index (χ0v) is 23.0. The monoisotopic (exact) mass is 551 g/mol. The highest BCUT2D eigenvalue weighted by Gasteiger charge is 2.17. The van der Waals surface area contributed by atoms with Crippen molar-refractivity contribution < 1.29 is 27.8 Å². The average Bonchev–Trinajstić information content (AvgIpc) is 2.92. The van der Waals surface area contributed by atoms with Gasteiger partial charge >= 0.3 is 0 Å². The minimum Gasteiger partial charge on any atom is -0.545 e. The van der Waals surface area contributed by atoms with Crippen molar-refractivity contribution in [1.29, 1.82) is 0 Å². The Morgan fingerprint density at radius 3 is 2.38 bits per heavy atom. The summed E-state index contributed by atoms with van der Waals surface area (Å²) in [6.07, 6.45) is 9.55. The van der Waals surface area contributed by atoms with E-state index in [1.807, 2.05) is 12.1 Å².